The maximum atomic E-state index is 11.8. The van der Waals surface area contributed by atoms with Crippen molar-refractivity contribution in [1.82, 2.24) is 10.3 Å². The highest BCUT2D eigenvalue weighted by Crippen LogP contribution is 2.19. The molecule has 6 N–H and O–H groups in total. The van der Waals surface area contributed by atoms with Gasteiger partial charge in [0.05, 0.1) is 6.61 Å². The van der Waals surface area contributed by atoms with Gasteiger partial charge in [0.15, 0.2) is 6.23 Å². The van der Waals surface area contributed by atoms with Gasteiger partial charge in [-0.2, -0.15) is 0 Å². The van der Waals surface area contributed by atoms with Crippen molar-refractivity contribution in [3.05, 3.63) is 24.4 Å². The van der Waals surface area contributed by atoms with E-state index in [9.17, 15) is 24.9 Å². The van der Waals surface area contributed by atoms with Crippen LogP contribution in [0.5, 0.6) is 0 Å². The third kappa shape index (κ3) is 4.00. The first kappa shape index (κ1) is 17.2. The minimum atomic E-state index is -1.67. The van der Waals surface area contributed by atoms with Gasteiger partial charge in [-0.25, -0.2) is 4.98 Å². The zero-order chi connectivity index (χ0) is 17.0. The van der Waals surface area contributed by atoms with Gasteiger partial charge >= 0.3 is 11.8 Å². The highest BCUT2D eigenvalue weighted by molar-refractivity contribution is 6.39. The second-order valence-corrected chi connectivity index (χ2v) is 4.89. The van der Waals surface area contributed by atoms with Gasteiger partial charge in [-0.05, 0) is 12.1 Å². The van der Waals surface area contributed by atoms with Gasteiger partial charge in [0.25, 0.3) is 0 Å². The number of carbonyl (C=O) groups is 2. The second kappa shape index (κ2) is 7.44. The van der Waals surface area contributed by atoms with Gasteiger partial charge in [0.2, 0.25) is 0 Å². The van der Waals surface area contributed by atoms with E-state index >= 15 is 0 Å². The number of nitrogens with one attached hydrogen (secondary N) is 2. The summed E-state index contributed by atoms with van der Waals surface area (Å²) in [5.74, 6) is -2.04. The Bertz CT molecular complexity index is 554. The number of aliphatic hydroxyl groups excluding tert-OH is 4. The summed E-state index contributed by atoms with van der Waals surface area (Å²) in [5, 5.41) is 42.3. The SMILES string of the molecule is O=C(Nc1ccccn1)C(=O)N[C@@H]1O[C@H](CO)[C@@H](O)[C@H](O)[C@H]1O. The van der Waals surface area contributed by atoms with E-state index in [1.165, 1.54) is 12.3 Å². The Hall–Kier alpha value is -2.11. The molecule has 0 spiro atoms. The number of hydrogen-bond acceptors (Lipinski definition) is 8. The topological polar surface area (TPSA) is 161 Å². The Labute approximate surface area is 130 Å². The van der Waals surface area contributed by atoms with Gasteiger partial charge in [-0.3, -0.25) is 9.59 Å². The molecule has 1 aliphatic heterocycles. The predicted molar refractivity (Wildman–Crippen MR) is 74.8 cm³/mol. The van der Waals surface area contributed by atoms with Crippen molar-refractivity contribution in [2.75, 3.05) is 11.9 Å². The molecule has 0 aliphatic carbocycles. The van der Waals surface area contributed by atoms with Crippen LogP contribution in [0.2, 0.25) is 0 Å². The van der Waals surface area contributed by atoms with Crippen LogP contribution in [0.4, 0.5) is 5.82 Å². The number of pyridine rings is 1. The molecule has 0 saturated carbocycles. The summed E-state index contributed by atoms with van der Waals surface area (Å²) in [6.45, 7) is -0.641. The number of carbonyl (C=O) groups excluding carboxylic acids is 2. The molecule has 2 amide bonds. The summed E-state index contributed by atoms with van der Waals surface area (Å²) in [5.41, 5.74) is 0. The highest BCUT2D eigenvalue weighted by atomic mass is 16.6. The van der Waals surface area contributed by atoms with Crippen molar-refractivity contribution in [2.45, 2.75) is 30.6 Å². The highest BCUT2D eigenvalue weighted by Gasteiger charge is 2.44. The van der Waals surface area contributed by atoms with Crippen molar-refractivity contribution in [3.8, 4) is 0 Å². The van der Waals surface area contributed by atoms with Crippen molar-refractivity contribution in [1.29, 1.82) is 0 Å². The minimum Gasteiger partial charge on any atom is -0.394 e. The average molecular weight is 327 g/mol. The molecule has 10 heteroatoms. The van der Waals surface area contributed by atoms with E-state index in [2.05, 4.69) is 15.6 Å². The Kier molecular flexibility index (Phi) is 5.58. The van der Waals surface area contributed by atoms with Gasteiger partial charge in [-0.15, -0.1) is 0 Å². The predicted octanol–water partition coefficient (Wildman–Crippen LogP) is -3.06. The first-order valence-corrected chi connectivity index (χ1v) is 6.77. The van der Waals surface area contributed by atoms with Crippen molar-refractivity contribution < 1.29 is 34.8 Å². The monoisotopic (exact) mass is 327 g/mol. The first-order valence-electron chi connectivity index (χ1n) is 6.77. The molecular weight excluding hydrogens is 310 g/mol. The fraction of sp³-hybridized carbons (Fsp3) is 0.462. The lowest BCUT2D eigenvalue weighted by molar-refractivity contribution is -0.235. The van der Waals surface area contributed by atoms with E-state index in [0.29, 0.717) is 0 Å². The van der Waals surface area contributed by atoms with Crippen LogP contribution in [0, 0.1) is 0 Å². The number of aliphatic hydroxyl groups is 4. The van der Waals surface area contributed by atoms with Crippen LogP contribution in [-0.2, 0) is 14.3 Å². The molecule has 1 aromatic heterocycles. The number of amides is 2. The number of hydrogen-bond donors (Lipinski definition) is 6. The third-order valence-corrected chi connectivity index (χ3v) is 3.28. The molecule has 0 unspecified atom stereocenters. The van der Waals surface area contributed by atoms with E-state index in [1.54, 1.807) is 12.1 Å². The smallest absolute Gasteiger partial charge is 0.314 e. The van der Waals surface area contributed by atoms with E-state index in [0.717, 1.165) is 0 Å². The van der Waals surface area contributed by atoms with Crippen LogP contribution in [0.3, 0.4) is 0 Å². The van der Waals surface area contributed by atoms with E-state index in [-0.39, 0.29) is 5.82 Å². The standard InChI is InChI=1S/C13H17N3O7/c17-5-6-8(18)9(19)10(20)13(23-6)16-12(22)11(21)15-7-3-1-2-4-14-7/h1-4,6,8-10,13,17-20H,5H2,(H,16,22)(H,14,15,21)/t6-,8-,9+,10-,13-/m1/s1. The molecule has 2 rings (SSSR count). The molecule has 126 valence electrons. The Morgan fingerprint density at radius 3 is 2.48 bits per heavy atom. The quantitative estimate of drug-likeness (QED) is 0.319. The fourth-order valence-corrected chi connectivity index (χ4v) is 2.03. The number of aromatic nitrogens is 1. The number of nitrogens with zero attached hydrogens (tertiary/aromatic N) is 1. The molecule has 2 heterocycles. The van der Waals surface area contributed by atoms with E-state index < -0.39 is 49.1 Å². The number of anilines is 1. The van der Waals surface area contributed by atoms with Gasteiger partial charge in [0.1, 0.15) is 30.2 Å². The summed E-state index contributed by atoms with van der Waals surface area (Å²) >= 11 is 0. The lowest BCUT2D eigenvalue weighted by Crippen LogP contribution is -2.63. The molecule has 1 saturated heterocycles. The molecule has 1 fully saturated rings. The van der Waals surface area contributed by atoms with E-state index in [4.69, 9.17) is 9.84 Å². The maximum Gasteiger partial charge on any atom is 0.314 e. The summed E-state index contributed by atoms with van der Waals surface area (Å²) in [6, 6.07) is 4.71. The largest absolute Gasteiger partial charge is 0.394 e. The van der Waals surface area contributed by atoms with E-state index in [1.807, 2.05) is 0 Å². The van der Waals surface area contributed by atoms with Crippen LogP contribution >= 0.6 is 0 Å². The molecular formula is C13H17N3O7. The average Bonchev–Trinajstić information content (AvgIpc) is 2.56. The summed E-state index contributed by atoms with van der Waals surface area (Å²) in [7, 11) is 0. The molecule has 10 nitrogen and oxygen atoms in total. The normalized spacial score (nSPS) is 30.5. The lowest BCUT2D eigenvalue weighted by atomic mass is 9.98. The number of rotatable bonds is 3. The van der Waals surface area contributed by atoms with Crippen molar-refractivity contribution >= 4 is 17.6 Å². The summed E-state index contributed by atoms with van der Waals surface area (Å²) < 4.78 is 5.06. The molecule has 1 aliphatic rings. The Morgan fingerprint density at radius 1 is 1.13 bits per heavy atom. The molecule has 5 atom stereocenters. The summed E-state index contributed by atoms with van der Waals surface area (Å²) in [6.07, 6.45) is -6.09. The van der Waals surface area contributed by atoms with Crippen LogP contribution in [0.25, 0.3) is 0 Å². The zero-order valence-corrected chi connectivity index (χ0v) is 11.9. The van der Waals surface area contributed by atoms with Crippen molar-refractivity contribution in [3.63, 3.8) is 0 Å². The molecule has 0 radical (unpaired) electrons. The molecule has 0 aromatic carbocycles. The fourth-order valence-electron chi connectivity index (χ4n) is 2.03. The van der Waals surface area contributed by atoms with Gasteiger partial charge in [-0.1, -0.05) is 6.07 Å². The maximum absolute atomic E-state index is 11.8. The summed E-state index contributed by atoms with van der Waals surface area (Å²) in [4.78, 5) is 27.3. The first-order chi connectivity index (χ1) is 10.9. The Balaban J connectivity index is 1.97. The number of ether oxygens (including phenoxy) is 1. The van der Waals surface area contributed by atoms with Gasteiger partial charge in [0, 0.05) is 6.20 Å². The van der Waals surface area contributed by atoms with Gasteiger partial charge < -0.3 is 35.8 Å². The molecule has 23 heavy (non-hydrogen) atoms. The van der Waals surface area contributed by atoms with Crippen LogP contribution < -0.4 is 10.6 Å². The second-order valence-electron chi connectivity index (χ2n) is 4.89. The third-order valence-electron chi connectivity index (χ3n) is 3.28. The molecule has 1 aromatic rings. The van der Waals surface area contributed by atoms with Crippen LogP contribution in [0.1, 0.15) is 0 Å². The van der Waals surface area contributed by atoms with Crippen LogP contribution in [-0.4, -0.2) is 74.5 Å². The lowest BCUT2D eigenvalue weighted by Gasteiger charge is -2.39. The zero-order valence-electron chi connectivity index (χ0n) is 11.9. The van der Waals surface area contributed by atoms with Crippen LogP contribution in [0.15, 0.2) is 24.4 Å². The van der Waals surface area contributed by atoms with Crippen molar-refractivity contribution in [2.24, 2.45) is 0 Å². The molecule has 0 bridgehead atoms. The Morgan fingerprint density at radius 2 is 1.87 bits per heavy atom. The minimum absolute atomic E-state index is 0.154.